The fourth-order valence-electron chi connectivity index (χ4n) is 2.09. The van der Waals surface area contributed by atoms with Crippen molar-refractivity contribution in [1.29, 1.82) is 0 Å². The lowest BCUT2D eigenvalue weighted by atomic mass is 9.92. The Kier molecular flexibility index (Phi) is 2.69. The Bertz CT molecular complexity index is 363. The van der Waals surface area contributed by atoms with E-state index in [-0.39, 0.29) is 0 Å². The second kappa shape index (κ2) is 3.97. The molecule has 0 unspecified atom stereocenters. The minimum atomic E-state index is 1.05. The Morgan fingerprint density at radius 2 is 1.93 bits per heavy atom. The fourth-order valence-corrected chi connectivity index (χ4v) is 2.09. The van der Waals surface area contributed by atoms with Crippen molar-refractivity contribution in [2.24, 2.45) is 0 Å². The number of nitrogens with one attached hydrogen (secondary N) is 1. The predicted molar refractivity (Wildman–Crippen MR) is 61.3 cm³/mol. The van der Waals surface area contributed by atoms with Crippen LogP contribution in [0.3, 0.4) is 0 Å². The molecule has 0 amide bonds. The molecule has 1 aromatic carbocycles. The summed E-state index contributed by atoms with van der Waals surface area (Å²) >= 11 is 0. The molecule has 1 heterocycles. The largest absolute Gasteiger partial charge is 0.313 e. The molecular weight excluding hydrogens is 170 g/mol. The van der Waals surface area contributed by atoms with Gasteiger partial charge in [0.15, 0.2) is 0 Å². The van der Waals surface area contributed by atoms with E-state index in [2.05, 4.69) is 43.4 Å². The maximum atomic E-state index is 3.40. The average molecular weight is 187 g/mol. The maximum Gasteiger partial charge on any atom is 0.0168 e. The van der Waals surface area contributed by atoms with Crippen molar-refractivity contribution in [3.05, 3.63) is 41.0 Å². The number of hydrogen-bond acceptors (Lipinski definition) is 1. The highest BCUT2D eigenvalue weighted by Crippen LogP contribution is 2.26. The third-order valence-electron chi connectivity index (χ3n) is 2.93. The molecular formula is C13H17N. The quantitative estimate of drug-likeness (QED) is 0.713. The van der Waals surface area contributed by atoms with E-state index in [1.54, 1.807) is 5.57 Å². The smallest absolute Gasteiger partial charge is 0.0168 e. The van der Waals surface area contributed by atoms with Gasteiger partial charge in [0.1, 0.15) is 0 Å². The monoisotopic (exact) mass is 187 g/mol. The standard InChI is InChI=1S/C13H17N/c1-10-5-3-4-6-12(10)13-7-8-14-9-11(13)2/h3-6,14H,7-9H2,1-2H3. The Morgan fingerprint density at radius 1 is 1.14 bits per heavy atom. The van der Waals surface area contributed by atoms with Gasteiger partial charge in [-0.05, 0) is 43.5 Å². The Morgan fingerprint density at radius 3 is 2.64 bits per heavy atom. The molecule has 1 aliphatic heterocycles. The van der Waals surface area contributed by atoms with Crippen LogP contribution in [0.2, 0.25) is 0 Å². The van der Waals surface area contributed by atoms with E-state index in [9.17, 15) is 0 Å². The van der Waals surface area contributed by atoms with Gasteiger partial charge in [-0.15, -0.1) is 0 Å². The van der Waals surface area contributed by atoms with E-state index in [1.807, 2.05) is 0 Å². The van der Waals surface area contributed by atoms with E-state index in [0.717, 1.165) is 19.5 Å². The van der Waals surface area contributed by atoms with Crippen molar-refractivity contribution in [3.8, 4) is 0 Å². The summed E-state index contributed by atoms with van der Waals surface area (Å²) in [6.07, 6.45) is 1.16. The first-order valence-corrected chi connectivity index (χ1v) is 5.24. The summed E-state index contributed by atoms with van der Waals surface area (Å²) in [6.45, 7) is 6.58. The normalized spacial score (nSPS) is 17.3. The molecule has 14 heavy (non-hydrogen) atoms. The predicted octanol–water partition coefficient (Wildman–Crippen LogP) is 2.76. The van der Waals surface area contributed by atoms with Gasteiger partial charge in [-0.2, -0.15) is 0 Å². The molecule has 1 heteroatoms. The van der Waals surface area contributed by atoms with Crippen LogP contribution in [-0.4, -0.2) is 13.1 Å². The van der Waals surface area contributed by atoms with Gasteiger partial charge in [-0.25, -0.2) is 0 Å². The first kappa shape index (κ1) is 9.47. The van der Waals surface area contributed by atoms with Gasteiger partial charge in [0.25, 0.3) is 0 Å². The molecule has 1 aromatic rings. The number of rotatable bonds is 1. The van der Waals surface area contributed by atoms with Crippen molar-refractivity contribution < 1.29 is 0 Å². The highest BCUT2D eigenvalue weighted by Gasteiger charge is 2.11. The summed E-state index contributed by atoms with van der Waals surface area (Å²) < 4.78 is 0. The molecule has 0 radical (unpaired) electrons. The zero-order valence-corrected chi connectivity index (χ0v) is 8.93. The second-order valence-electron chi connectivity index (χ2n) is 4.00. The molecule has 0 spiro atoms. The summed E-state index contributed by atoms with van der Waals surface area (Å²) in [7, 11) is 0. The first-order valence-electron chi connectivity index (χ1n) is 5.24. The van der Waals surface area contributed by atoms with Crippen LogP contribution < -0.4 is 5.32 Å². The number of hydrogen-bond donors (Lipinski definition) is 1. The van der Waals surface area contributed by atoms with E-state index in [0.29, 0.717) is 0 Å². The Hall–Kier alpha value is -1.08. The topological polar surface area (TPSA) is 12.0 Å². The summed E-state index contributed by atoms with van der Waals surface area (Å²) in [5.41, 5.74) is 5.86. The zero-order valence-electron chi connectivity index (χ0n) is 8.93. The van der Waals surface area contributed by atoms with Crippen LogP contribution in [0.15, 0.2) is 29.8 Å². The fraction of sp³-hybridized carbons (Fsp3) is 0.385. The summed E-state index contributed by atoms with van der Waals surface area (Å²) in [5.74, 6) is 0. The van der Waals surface area contributed by atoms with Crippen LogP contribution in [0.1, 0.15) is 24.5 Å². The molecule has 1 N–H and O–H groups in total. The van der Waals surface area contributed by atoms with Crippen LogP contribution in [-0.2, 0) is 0 Å². The van der Waals surface area contributed by atoms with E-state index >= 15 is 0 Å². The third-order valence-corrected chi connectivity index (χ3v) is 2.93. The highest BCUT2D eigenvalue weighted by atomic mass is 14.9. The van der Waals surface area contributed by atoms with Crippen molar-refractivity contribution in [1.82, 2.24) is 5.32 Å². The minimum absolute atomic E-state index is 1.05. The lowest BCUT2D eigenvalue weighted by molar-refractivity contribution is 0.713. The van der Waals surface area contributed by atoms with Gasteiger partial charge < -0.3 is 5.32 Å². The minimum Gasteiger partial charge on any atom is -0.313 e. The van der Waals surface area contributed by atoms with Crippen LogP contribution in [0.4, 0.5) is 0 Å². The molecule has 0 fully saturated rings. The van der Waals surface area contributed by atoms with Gasteiger partial charge in [-0.3, -0.25) is 0 Å². The lowest BCUT2D eigenvalue weighted by Crippen LogP contribution is -2.23. The lowest BCUT2D eigenvalue weighted by Gasteiger charge is -2.20. The molecule has 74 valence electrons. The number of aryl methyl sites for hydroxylation is 1. The average Bonchev–Trinajstić information content (AvgIpc) is 2.20. The Labute approximate surface area is 85.8 Å². The van der Waals surface area contributed by atoms with Crippen LogP contribution >= 0.6 is 0 Å². The van der Waals surface area contributed by atoms with Crippen LogP contribution in [0.5, 0.6) is 0 Å². The third kappa shape index (κ3) is 1.73. The van der Waals surface area contributed by atoms with E-state index < -0.39 is 0 Å². The Balaban J connectivity index is 2.43. The maximum absolute atomic E-state index is 3.40. The van der Waals surface area contributed by atoms with Gasteiger partial charge in [-0.1, -0.05) is 29.8 Å². The van der Waals surface area contributed by atoms with Crippen molar-refractivity contribution in [3.63, 3.8) is 0 Å². The van der Waals surface area contributed by atoms with Gasteiger partial charge in [0.2, 0.25) is 0 Å². The SMILES string of the molecule is CC1=C(c2ccccc2C)CCNC1. The van der Waals surface area contributed by atoms with Crippen molar-refractivity contribution >= 4 is 5.57 Å². The molecule has 2 rings (SSSR count). The van der Waals surface area contributed by atoms with Gasteiger partial charge >= 0.3 is 0 Å². The molecule has 0 saturated carbocycles. The summed E-state index contributed by atoms with van der Waals surface area (Å²) in [4.78, 5) is 0. The molecule has 0 aromatic heterocycles. The number of benzene rings is 1. The second-order valence-corrected chi connectivity index (χ2v) is 4.00. The van der Waals surface area contributed by atoms with Crippen LogP contribution in [0.25, 0.3) is 5.57 Å². The van der Waals surface area contributed by atoms with Gasteiger partial charge in [0.05, 0.1) is 0 Å². The van der Waals surface area contributed by atoms with Crippen LogP contribution in [0, 0.1) is 6.92 Å². The molecule has 1 aliphatic rings. The van der Waals surface area contributed by atoms with Crippen molar-refractivity contribution in [2.75, 3.05) is 13.1 Å². The van der Waals surface area contributed by atoms with Gasteiger partial charge in [0, 0.05) is 6.54 Å². The summed E-state index contributed by atoms with van der Waals surface area (Å²) in [5, 5.41) is 3.40. The van der Waals surface area contributed by atoms with E-state index in [1.165, 1.54) is 16.7 Å². The molecule has 0 aliphatic carbocycles. The molecule has 0 atom stereocenters. The molecule has 0 saturated heterocycles. The molecule has 0 bridgehead atoms. The van der Waals surface area contributed by atoms with Crippen molar-refractivity contribution in [2.45, 2.75) is 20.3 Å². The van der Waals surface area contributed by atoms with E-state index in [4.69, 9.17) is 0 Å². The summed E-state index contributed by atoms with van der Waals surface area (Å²) in [6, 6.07) is 8.66. The zero-order chi connectivity index (χ0) is 9.97. The molecule has 1 nitrogen and oxygen atoms in total. The first-order chi connectivity index (χ1) is 6.79. The highest BCUT2D eigenvalue weighted by molar-refractivity contribution is 5.71.